The van der Waals surface area contributed by atoms with Crippen molar-refractivity contribution in [3.8, 4) is 0 Å². The van der Waals surface area contributed by atoms with Gasteiger partial charge in [0.1, 0.15) is 5.76 Å². The van der Waals surface area contributed by atoms with Crippen LogP contribution in [0, 0.1) is 17.0 Å². The standard InChI is InChI=1S/C12H10N2O6/c1-7-8(5-10(20-7)12(16)17)6-13-4-2-3-9(11(13)15)14(18)19/h2-5H,6H2,1H3,(H,16,17). The Hall–Kier alpha value is -2.90. The molecule has 0 radical (unpaired) electrons. The summed E-state index contributed by atoms with van der Waals surface area (Å²) in [7, 11) is 0. The van der Waals surface area contributed by atoms with E-state index in [2.05, 4.69) is 0 Å². The van der Waals surface area contributed by atoms with Gasteiger partial charge in [-0.05, 0) is 19.1 Å². The van der Waals surface area contributed by atoms with Crippen molar-refractivity contribution in [3.05, 3.63) is 61.9 Å². The molecule has 0 amide bonds. The summed E-state index contributed by atoms with van der Waals surface area (Å²) in [4.78, 5) is 32.5. The van der Waals surface area contributed by atoms with E-state index in [1.165, 1.54) is 18.3 Å². The van der Waals surface area contributed by atoms with Gasteiger partial charge in [-0.25, -0.2) is 4.79 Å². The van der Waals surface area contributed by atoms with Gasteiger partial charge in [0.25, 0.3) is 0 Å². The normalized spacial score (nSPS) is 10.4. The fraction of sp³-hybridized carbons (Fsp3) is 0.167. The lowest BCUT2D eigenvalue weighted by Gasteiger charge is -2.03. The van der Waals surface area contributed by atoms with Crippen molar-refractivity contribution >= 4 is 11.7 Å². The Labute approximate surface area is 112 Å². The molecule has 2 aromatic rings. The summed E-state index contributed by atoms with van der Waals surface area (Å²) < 4.78 is 6.14. The summed E-state index contributed by atoms with van der Waals surface area (Å²) >= 11 is 0. The van der Waals surface area contributed by atoms with Gasteiger partial charge in [0.15, 0.2) is 0 Å². The lowest BCUT2D eigenvalue weighted by Crippen LogP contribution is -2.22. The van der Waals surface area contributed by atoms with Crippen molar-refractivity contribution in [1.29, 1.82) is 0 Å². The zero-order valence-electron chi connectivity index (χ0n) is 10.4. The summed E-state index contributed by atoms with van der Waals surface area (Å²) in [5.41, 5.74) is -0.813. The molecule has 0 spiro atoms. The van der Waals surface area contributed by atoms with E-state index >= 15 is 0 Å². The smallest absolute Gasteiger partial charge is 0.371 e. The third-order valence-corrected chi connectivity index (χ3v) is 2.77. The number of nitrogens with zero attached hydrogens (tertiary/aromatic N) is 2. The van der Waals surface area contributed by atoms with Crippen LogP contribution in [-0.4, -0.2) is 20.6 Å². The molecule has 0 bridgehead atoms. The highest BCUT2D eigenvalue weighted by Gasteiger charge is 2.17. The Bertz CT molecular complexity index is 743. The number of aromatic nitrogens is 1. The molecule has 0 fully saturated rings. The first-order valence-electron chi connectivity index (χ1n) is 5.56. The van der Waals surface area contributed by atoms with Crippen LogP contribution in [-0.2, 0) is 6.54 Å². The third-order valence-electron chi connectivity index (χ3n) is 2.77. The fourth-order valence-corrected chi connectivity index (χ4v) is 1.75. The van der Waals surface area contributed by atoms with E-state index in [0.717, 1.165) is 10.6 Å². The quantitative estimate of drug-likeness (QED) is 0.667. The Morgan fingerprint density at radius 1 is 1.55 bits per heavy atom. The van der Waals surface area contributed by atoms with Crippen LogP contribution in [0.2, 0.25) is 0 Å². The number of hydrogen-bond donors (Lipinski definition) is 1. The van der Waals surface area contributed by atoms with Gasteiger partial charge in [-0.3, -0.25) is 14.9 Å². The number of carboxylic acids is 1. The molecule has 8 nitrogen and oxygen atoms in total. The average Bonchev–Trinajstić information content (AvgIpc) is 2.73. The third kappa shape index (κ3) is 2.44. The van der Waals surface area contributed by atoms with Crippen molar-refractivity contribution in [3.63, 3.8) is 0 Å². The molecule has 0 aliphatic carbocycles. The molecule has 0 aliphatic heterocycles. The molecule has 0 atom stereocenters. The van der Waals surface area contributed by atoms with Gasteiger partial charge >= 0.3 is 17.2 Å². The Morgan fingerprint density at radius 2 is 2.25 bits per heavy atom. The number of rotatable bonds is 4. The summed E-state index contributed by atoms with van der Waals surface area (Å²) in [6, 6.07) is 3.79. The van der Waals surface area contributed by atoms with Crippen LogP contribution in [0.25, 0.3) is 0 Å². The molecule has 20 heavy (non-hydrogen) atoms. The van der Waals surface area contributed by atoms with Gasteiger partial charge in [-0.1, -0.05) is 0 Å². The lowest BCUT2D eigenvalue weighted by molar-refractivity contribution is -0.386. The first-order chi connectivity index (χ1) is 9.40. The zero-order chi connectivity index (χ0) is 14.9. The number of aryl methyl sites for hydroxylation is 1. The number of pyridine rings is 1. The highest BCUT2D eigenvalue weighted by atomic mass is 16.6. The monoisotopic (exact) mass is 278 g/mol. The van der Waals surface area contributed by atoms with Gasteiger partial charge in [-0.2, -0.15) is 0 Å². The second kappa shape index (κ2) is 5.00. The molecule has 0 saturated carbocycles. The van der Waals surface area contributed by atoms with Crippen LogP contribution in [0.5, 0.6) is 0 Å². The number of hydrogen-bond acceptors (Lipinski definition) is 5. The molecule has 2 rings (SSSR count). The maximum absolute atomic E-state index is 11.8. The van der Waals surface area contributed by atoms with Crippen LogP contribution in [0.4, 0.5) is 5.69 Å². The molecule has 0 unspecified atom stereocenters. The molecule has 1 N–H and O–H groups in total. The summed E-state index contributed by atoms with van der Waals surface area (Å²) in [6.45, 7) is 1.56. The van der Waals surface area contributed by atoms with E-state index in [0.29, 0.717) is 11.3 Å². The van der Waals surface area contributed by atoms with Gasteiger partial charge in [0.2, 0.25) is 5.76 Å². The molecule has 2 heterocycles. The highest BCUT2D eigenvalue weighted by Crippen LogP contribution is 2.16. The summed E-state index contributed by atoms with van der Waals surface area (Å²) in [5.74, 6) is -1.11. The number of furan rings is 1. The fourth-order valence-electron chi connectivity index (χ4n) is 1.75. The molecular formula is C12H10N2O6. The second-order valence-electron chi connectivity index (χ2n) is 4.08. The predicted octanol–water partition coefficient (Wildman–Crippen LogP) is 1.40. The van der Waals surface area contributed by atoms with Crippen molar-refractivity contribution in [2.45, 2.75) is 13.5 Å². The van der Waals surface area contributed by atoms with Crippen molar-refractivity contribution < 1.29 is 19.2 Å². The van der Waals surface area contributed by atoms with E-state index in [1.807, 2.05) is 0 Å². The first kappa shape index (κ1) is 13.5. The van der Waals surface area contributed by atoms with Crippen molar-refractivity contribution in [2.75, 3.05) is 0 Å². The minimum Gasteiger partial charge on any atom is -0.475 e. The predicted molar refractivity (Wildman–Crippen MR) is 66.9 cm³/mol. The van der Waals surface area contributed by atoms with Gasteiger partial charge < -0.3 is 14.1 Å². The summed E-state index contributed by atoms with van der Waals surface area (Å²) in [6.07, 6.45) is 1.39. The van der Waals surface area contributed by atoms with Crippen LogP contribution in [0.15, 0.2) is 33.6 Å². The minimum absolute atomic E-state index is 0.00310. The molecule has 104 valence electrons. The Kier molecular flexibility index (Phi) is 3.38. The first-order valence-corrected chi connectivity index (χ1v) is 5.56. The van der Waals surface area contributed by atoms with E-state index in [4.69, 9.17) is 9.52 Å². The largest absolute Gasteiger partial charge is 0.475 e. The minimum atomic E-state index is -1.22. The second-order valence-corrected chi connectivity index (χ2v) is 4.08. The van der Waals surface area contributed by atoms with E-state index < -0.39 is 22.1 Å². The van der Waals surface area contributed by atoms with E-state index in [9.17, 15) is 19.7 Å². The Morgan fingerprint density at radius 3 is 2.80 bits per heavy atom. The maximum atomic E-state index is 11.8. The number of carboxylic acid groups (broad SMARTS) is 1. The zero-order valence-corrected chi connectivity index (χ0v) is 10.4. The maximum Gasteiger partial charge on any atom is 0.371 e. The number of nitro groups is 1. The molecular weight excluding hydrogens is 268 g/mol. The van der Waals surface area contributed by atoms with Crippen LogP contribution < -0.4 is 5.56 Å². The van der Waals surface area contributed by atoms with Gasteiger partial charge in [0.05, 0.1) is 11.5 Å². The van der Waals surface area contributed by atoms with Crippen molar-refractivity contribution in [1.82, 2.24) is 4.57 Å². The Balaban J connectivity index is 2.40. The van der Waals surface area contributed by atoms with Crippen LogP contribution in [0.1, 0.15) is 21.9 Å². The highest BCUT2D eigenvalue weighted by molar-refractivity contribution is 5.84. The topological polar surface area (TPSA) is 116 Å². The number of carbonyl (C=O) groups is 1. The van der Waals surface area contributed by atoms with Crippen LogP contribution >= 0.6 is 0 Å². The lowest BCUT2D eigenvalue weighted by atomic mass is 10.2. The van der Waals surface area contributed by atoms with Crippen molar-refractivity contribution in [2.24, 2.45) is 0 Å². The summed E-state index contributed by atoms with van der Waals surface area (Å²) in [5, 5.41) is 19.5. The molecule has 0 aliphatic rings. The van der Waals surface area contributed by atoms with E-state index in [-0.39, 0.29) is 12.3 Å². The van der Waals surface area contributed by atoms with Gasteiger partial charge in [0, 0.05) is 17.8 Å². The molecule has 0 saturated heterocycles. The molecule has 2 aromatic heterocycles. The van der Waals surface area contributed by atoms with Gasteiger partial charge in [-0.15, -0.1) is 0 Å². The SMILES string of the molecule is Cc1oc(C(=O)O)cc1Cn1cccc([N+](=O)[O-])c1=O. The van der Waals surface area contributed by atoms with Crippen LogP contribution in [0.3, 0.4) is 0 Å². The van der Waals surface area contributed by atoms with E-state index in [1.54, 1.807) is 6.92 Å². The number of aromatic carboxylic acids is 1. The molecule has 0 aromatic carbocycles. The average molecular weight is 278 g/mol. The molecule has 8 heteroatoms.